The molecule has 1 amide bonds. The number of fused-ring (bicyclic) bond motifs is 1. The molecule has 1 heterocycles. The number of carbonyl (C=O) groups is 1. The van der Waals surface area contributed by atoms with E-state index in [1.54, 1.807) is 11.3 Å². The summed E-state index contributed by atoms with van der Waals surface area (Å²) in [5, 5.41) is 6.12. The Morgan fingerprint density at radius 3 is 3.06 bits per heavy atom. The van der Waals surface area contributed by atoms with Crippen molar-refractivity contribution in [1.29, 1.82) is 0 Å². The number of rotatable bonds is 3. The fraction of sp³-hybridized carbons (Fsp3) is 0.250. The van der Waals surface area contributed by atoms with Gasteiger partial charge in [-0.25, -0.2) is 0 Å². The molecule has 0 aliphatic rings. The van der Waals surface area contributed by atoms with Gasteiger partial charge in [0, 0.05) is 10.4 Å². The Morgan fingerprint density at radius 1 is 1.50 bits per heavy atom. The smallest absolute Gasteiger partial charge is 0.238 e. The molecule has 0 radical (unpaired) electrons. The predicted molar refractivity (Wildman–Crippen MR) is 73.5 cm³/mol. The van der Waals surface area contributed by atoms with Crippen LogP contribution in [0.3, 0.4) is 0 Å². The zero-order valence-corrected chi connectivity index (χ0v) is 11.3. The molecule has 0 spiro atoms. The Morgan fingerprint density at radius 2 is 2.31 bits per heavy atom. The standard InChI is InChI=1S/C12H12BrNOS/c1-2-10(13)12(15)14-9-3-4-11-8(7-9)5-6-16-11/h3-7,10H,2H2,1H3,(H,14,15). The molecule has 0 aliphatic carbocycles. The fourth-order valence-corrected chi connectivity index (χ4v) is 2.34. The minimum absolute atomic E-state index is 0.0112. The Balaban J connectivity index is 2.17. The van der Waals surface area contributed by atoms with Crippen molar-refractivity contribution in [2.24, 2.45) is 0 Å². The SMILES string of the molecule is CCC(Br)C(=O)Nc1ccc2sccc2c1. The van der Waals surface area contributed by atoms with E-state index < -0.39 is 0 Å². The highest BCUT2D eigenvalue weighted by Gasteiger charge is 2.12. The monoisotopic (exact) mass is 297 g/mol. The van der Waals surface area contributed by atoms with Crippen molar-refractivity contribution in [3.63, 3.8) is 0 Å². The van der Waals surface area contributed by atoms with Gasteiger partial charge in [-0.1, -0.05) is 22.9 Å². The summed E-state index contributed by atoms with van der Waals surface area (Å²) in [6.45, 7) is 1.97. The minimum Gasteiger partial charge on any atom is -0.325 e. The van der Waals surface area contributed by atoms with Crippen molar-refractivity contribution in [3.05, 3.63) is 29.6 Å². The molecule has 1 aromatic carbocycles. The van der Waals surface area contributed by atoms with Crippen molar-refractivity contribution < 1.29 is 4.79 Å². The molecule has 84 valence electrons. The van der Waals surface area contributed by atoms with E-state index in [2.05, 4.69) is 32.7 Å². The lowest BCUT2D eigenvalue weighted by atomic mass is 10.2. The average molecular weight is 298 g/mol. The zero-order valence-electron chi connectivity index (χ0n) is 8.87. The van der Waals surface area contributed by atoms with Crippen LogP contribution in [0.2, 0.25) is 0 Å². The Kier molecular flexibility index (Phi) is 3.61. The number of thiophene rings is 1. The number of anilines is 1. The molecular formula is C12H12BrNOS. The van der Waals surface area contributed by atoms with Gasteiger partial charge in [-0.3, -0.25) is 4.79 Å². The van der Waals surface area contributed by atoms with E-state index in [4.69, 9.17) is 0 Å². The van der Waals surface area contributed by atoms with E-state index in [1.807, 2.05) is 25.1 Å². The Labute approximate surface area is 107 Å². The Hall–Kier alpha value is -0.870. The number of benzene rings is 1. The second-order valence-electron chi connectivity index (χ2n) is 3.54. The van der Waals surface area contributed by atoms with Crippen LogP contribution in [-0.4, -0.2) is 10.7 Å². The third kappa shape index (κ3) is 2.44. The molecule has 1 unspecified atom stereocenters. The highest BCUT2D eigenvalue weighted by Crippen LogP contribution is 2.24. The van der Waals surface area contributed by atoms with Crippen molar-refractivity contribution in [2.45, 2.75) is 18.2 Å². The molecule has 0 saturated carbocycles. The maximum Gasteiger partial charge on any atom is 0.238 e. The maximum absolute atomic E-state index is 11.7. The van der Waals surface area contributed by atoms with Gasteiger partial charge in [-0.15, -0.1) is 11.3 Å². The van der Waals surface area contributed by atoms with Crippen LogP contribution >= 0.6 is 27.3 Å². The average Bonchev–Trinajstić information content (AvgIpc) is 2.75. The number of amides is 1. The predicted octanol–water partition coefficient (Wildman–Crippen LogP) is 4.01. The molecule has 0 saturated heterocycles. The number of nitrogens with one attached hydrogen (secondary N) is 1. The first-order chi connectivity index (χ1) is 7.70. The first kappa shape index (κ1) is 11.6. The lowest BCUT2D eigenvalue weighted by Crippen LogP contribution is -2.21. The quantitative estimate of drug-likeness (QED) is 0.852. The summed E-state index contributed by atoms with van der Waals surface area (Å²) in [5.74, 6) is 0.0112. The Bertz CT molecular complexity index is 508. The topological polar surface area (TPSA) is 29.1 Å². The normalized spacial score (nSPS) is 12.6. The van der Waals surface area contributed by atoms with Gasteiger partial charge in [0.05, 0.1) is 4.83 Å². The van der Waals surface area contributed by atoms with Gasteiger partial charge >= 0.3 is 0 Å². The summed E-state index contributed by atoms with van der Waals surface area (Å²) in [4.78, 5) is 11.5. The van der Waals surface area contributed by atoms with E-state index in [0.29, 0.717) is 0 Å². The third-order valence-electron chi connectivity index (χ3n) is 2.36. The molecule has 1 aromatic heterocycles. The molecule has 0 bridgehead atoms. The van der Waals surface area contributed by atoms with Crippen molar-refractivity contribution in [2.75, 3.05) is 5.32 Å². The number of halogens is 1. The third-order valence-corrected chi connectivity index (χ3v) is 4.32. The highest BCUT2D eigenvalue weighted by atomic mass is 79.9. The molecule has 0 fully saturated rings. The molecule has 16 heavy (non-hydrogen) atoms. The molecular weight excluding hydrogens is 286 g/mol. The van der Waals surface area contributed by atoms with Crippen LogP contribution in [0.25, 0.3) is 10.1 Å². The molecule has 1 N–H and O–H groups in total. The van der Waals surface area contributed by atoms with E-state index in [9.17, 15) is 4.79 Å². The lowest BCUT2D eigenvalue weighted by Gasteiger charge is -2.08. The van der Waals surface area contributed by atoms with Gasteiger partial charge in [0.1, 0.15) is 0 Å². The summed E-state index contributed by atoms with van der Waals surface area (Å²) in [6.07, 6.45) is 0.784. The second-order valence-corrected chi connectivity index (χ2v) is 5.59. The fourth-order valence-electron chi connectivity index (χ4n) is 1.45. The number of alkyl halides is 1. The van der Waals surface area contributed by atoms with E-state index in [1.165, 1.54) is 10.1 Å². The molecule has 1 atom stereocenters. The summed E-state index contributed by atoms with van der Waals surface area (Å²) < 4.78 is 1.24. The maximum atomic E-state index is 11.7. The largest absolute Gasteiger partial charge is 0.325 e. The molecule has 2 nitrogen and oxygen atoms in total. The van der Waals surface area contributed by atoms with Crippen LogP contribution < -0.4 is 5.32 Å². The van der Waals surface area contributed by atoms with Crippen molar-refractivity contribution >= 4 is 48.9 Å². The van der Waals surface area contributed by atoms with Gasteiger partial charge in [-0.2, -0.15) is 0 Å². The lowest BCUT2D eigenvalue weighted by molar-refractivity contribution is -0.115. The van der Waals surface area contributed by atoms with Crippen LogP contribution in [0, 0.1) is 0 Å². The summed E-state index contributed by atoms with van der Waals surface area (Å²) in [7, 11) is 0. The molecule has 2 aromatic rings. The van der Waals surface area contributed by atoms with Crippen LogP contribution in [-0.2, 0) is 4.79 Å². The van der Waals surface area contributed by atoms with Crippen LogP contribution in [0.4, 0.5) is 5.69 Å². The minimum atomic E-state index is -0.120. The van der Waals surface area contributed by atoms with Gasteiger partial charge in [0.2, 0.25) is 5.91 Å². The molecule has 4 heteroatoms. The number of hydrogen-bond donors (Lipinski definition) is 1. The van der Waals surface area contributed by atoms with E-state index in [0.717, 1.165) is 12.1 Å². The van der Waals surface area contributed by atoms with E-state index in [-0.39, 0.29) is 10.7 Å². The summed E-state index contributed by atoms with van der Waals surface area (Å²) >= 11 is 5.04. The van der Waals surface area contributed by atoms with Crippen LogP contribution in [0.1, 0.15) is 13.3 Å². The van der Waals surface area contributed by atoms with Gasteiger partial charge in [0.15, 0.2) is 0 Å². The number of hydrogen-bond acceptors (Lipinski definition) is 2. The van der Waals surface area contributed by atoms with Gasteiger partial charge < -0.3 is 5.32 Å². The summed E-state index contributed by atoms with van der Waals surface area (Å²) in [6, 6.07) is 8.02. The molecule has 2 rings (SSSR count). The van der Waals surface area contributed by atoms with Crippen LogP contribution in [0.5, 0.6) is 0 Å². The van der Waals surface area contributed by atoms with E-state index >= 15 is 0 Å². The summed E-state index contributed by atoms with van der Waals surface area (Å²) in [5.41, 5.74) is 0.855. The van der Waals surface area contributed by atoms with Gasteiger partial charge in [-0.05, 0) is 41.5 Å². The second kappa shape index (κ2) is 4.97. The number of carbonyl (C=O) groups excluding carboxylic acids is 1. The highest BCUT2D eigenvalue weighted by molar-refractivity contribution is 9.10. The van der Waals surface area contributed by atoms with Crippen LogP contribution in [0.15, 0.2) is 29.6 Å². The van der Waals surface area contributed by atoms with Crippen molar-refractivity contribution in [1.82, 2.24) is 0 Å². The van der Waals surface area contributed by atoms with Gasteiger partial charge in [0.25, 0.3) is 0 Å². The first-order valence-electron chi connectivity index (χ1n) is 5.13. The zero-order chi connectivity index (χ0) is 11.5. The molecule has 0 aliphatic heterocycles. The first-order valence-corrected chi connectivity index (χ1v) is 6.92. The van der Waals surface area contributed by atoms with Crippen molar-refractivity contribution in [3.8, 4) is 0 Å².